The number of nitrogens with one attached hydrogen (secondary N) is 1. The van der Waals surface area contributed by atoms with E-state index < -0.39 is 11.6 Å². The van der Waals surface area contributed by atoms with Crippen molar-refractivity contribution in [2.75, 3.05) is 13.1 Å². The third-order valence-electron chi connectivity index (χ3n) is 2.99. The smallest absolute Gasteiger partial charge is 0.169 e. The van der Waals surface area contributed by atoms with Crippen LogP contribution in [0.4, 0.5) is 8.78 Å². The van der Waals surface area contributed by atoms with E-state index in [9.17, 15) is 13.6 Å². The molecule has 17 heavy (non-hydrogen) atoms. The maximum absolute atomic E-state index is 13.6. The number of carbonyl (C=O) groups is 1. The summed E-state index contributed by atoms with van der Waals surface area (Å²) >= 11 is 2.89. The molecule has 0 aromatic heterocycles. The van der Waals surface area contributed by atoms with Gasteiger partial charge in [0, 0.05) is 5.92 Å². The van der Waals surface area contributed by atoms with Gasteiger partial charge in [0.2, 0.25) is 0 Å². The lowest BCUT2D eigenvalue weighted by Crippen LogP contribution is -2.32. The minimum Gasteiger partial charge on any atom is -0.317 e. The van der Waals surface area contributed by atoms with Gasteiger partial charge in [0.25, 0.3) is 0 Å². The fraction of sp³-hybridized carbons (Fsp3) is 0.417. The summed E-state index contributed by atoms with van der Waals surface area (Å²) in [7, 11) is 0. The van der Waals surface area contributed by atoms with E-state index in [-0.39, 0.29) is 21.7 Å². The Hall–Kier alpha value is -0.810. The Labute approximate surface area is 107 Å². The van der Waals surface area contributed by atoms with Gasteiger partial charge in [0.05, 0.1) is 10.0 Å². The van der Waals surface area contributed by atoms with Crippen molar-refractivity contribution < 1.29 is 13.6 Å². The van der Waals surface area contributed by atoms with Crippen LogP contribution < -0.4 is 5.32 Å². The second-order valence-electron chi connectivity index (χ2n) is 4.13. The Morgan fingerprint density at radius 1 is 1.24 bits per heavy atom. The molecule has 0 unspecified atom stereocenters. The first-order chi connectivity index (χ1) is 8.09. The molecule has 2 rings (SSSR count). The molecule has 1 aromatic rings. The van der Waals surface area contributed by atoms with E-state index in [0.717, 1.165) is 25.2 Å². The standard InChI is InChI=1S/C12H12BrF2NO/c13-9-6-10(14)8(5-11(9)15)12(17)7-1-3-16-4-2-7/h5-7,16H,1-4H2. The van der Waals surface area contributed by atoms with Gasteiger partial charge in [-0.25, -0.2) is 8.78 Å². The van der Waals surface area contributed by atoms with Crippen molar-refractivity contribution in [2.45, 2.75) is 12.8 Å². The molecule has 92 valence electrons. The van der Waals surface area contributed by atoms with E-state index in [0.29, 0.717) is 12.8 Å². The molecule has 1 aliphatic heterocycles. The Balaban J connectivity index is 2.26. The number of carbonyl (C=O) groups excluding carboxylic acids is 1. The molecule has 1 N–H and O–H groups in total. The first-order valence-electron chi connectivity index (χ1n) is 5.49. The van der Waals surface area contributed by atoms with Gasteiger partial charge < -0.3 is 5.32 Å². The summed E-state index contributed by atoms with van der Waals surface area (Å²) in [6, 6.07) is 1.98. The predicted octanol–water partition coefficient (Wildman–Crippen LogP) is 2.91. The first-order valence-corrected chi connectivity index (χ1v) is 6.28. The summed E-state index contributed by atoms with van der Waals surface area (Å²) in [5.74, 6) is -1.77. The van der Waals surface area contributed by atoms with Crippen molar-refractivity contribution in [1.82, 2.24) is 5.32 Å². The van der Waals surface area contributed by atoms with Crippen LogP contribution in [0.15, 0.2) is 16.6 Å². The number of piperidine rings is 1. The van der Waals surface area contributed by atoms with Crippen LogP contribution in [0.1, 0.15) is 23.2 Å². The van der Waals surface area contributed by atoms with Gasteiger partial charge in [-0.15, -0.1) is 0 Å². The van der Waals surface area contributed by atoms with Gasteiger partial charge in [0.1, 0.15) is 11.6 Å². The van der Waals surface area contributed by atoms with Crippen molar-refractivity contribution in [2.24, 2.45) is 5.92 Å². The molecule has 0 radical (unpaired) electrons. The molecule has 1 aromatic carbocycles. The van der Waals surface area contributed by atoms with Crippen LogP contribution >= 0.6 is 15.9 Å². The predicted molar refractivity (Wildman–Crippen MR) is 64.0 cm³/mol. The molecule has 0 bridgehead atoms. The second-order valence-corrected chi connectivity index (χ2v) is 4.99. The summed E-state index contributed by atoms with van der Waals surface area (Å²) in [5, 5.41) is 3.13. The fourth-order valence-corrected chi connectivity index (χ4v) is 2.33. The molecule has 0 saturated carbocycles. The van der Waals surface area contributed by atoms with E-state index in [1.165, 1.54) is 0 Å². The summed E-state index contributed by atoms with van der Waals surface area (Å²) in [6.45, 7) is 1.49. The van der Waals surface area contributed by atoms with Crippen LogP contribution in [-0.2, 0) is 0 Å². The number of Topliss-reactive ketones (excluding diaryl/α,β-unsaturated/α-hetero) is 1. The lowest BCUT2D eigenvalue weighted by Gasteiger charge is -2.21. The van der Waals surface area contributed by atoms with Crippen LogP contribution in [0.3, 0.4) is 0 Å². The van der Waals surface area contributed by atoms with Crippen molar-refractivity contribution >= 4 is 21.7 Å². The molecule has 1 saturated heterocycles. The van der Waals surface area contributed by atoms with E-state index in [1.54, 1.807) is 0 Å². The zero-order valence-electron chi connectivity index (χ0n) is 9.10. The summed E-state index contributed by atoms with van der Waals surface area (Å²) in [5.41, 5.74) is -0.141. The van der Waals surface area contributed by atoms with Crippen molar-refractivity contribution in [3.8, 4) is 0 Å². The zero-order chi connectivity index (χ0) is 12.4. The number of benzene rings is 1. The largest absolute Gasteiger partial charge is 0.317 e. The normalized spacial score (nSPS) is 17.1. The average molecular weight is 304 g/mol. The third-order valence-corrected chi connectivity index (χ3v) is 3.59. The van der Waals surface area contributed by atoms with Crippen molar-refractivity contribution in [1.29, 1.82) is 0 Å². The second kappa shape index (κ2) is 5.23. The molecular weight excluding hydrogens is 292 g/mol. The van der Waals surface area contributed by atoms with Crippen molar-refractivity contribution in [3.63, 3.8) is 0 Å². The highest BCUT2D eigenvalue weighted by molar-refractivity contribution is 9.10. The molecule has 0 aliphatic carbocycles. The Morgan fingerprint density at radius 3 is 2.53 bits per heavy atom. The fourth-order valence-electron chi connectivity index (χ4n) is 2.02. The van der Waals surface area contributed by atoms with Crippen LogP contribution in [-0.4, -0.2) is 18.9 Å². The molecular formula is C12H12BrF2NO. The number of ketones is 1. The molecule has 0 spiro atoms. The molecule has 5 heteroatoms. The lowest BCUT2D eigenvalue weighted by molar-refractivity contribution is 0.0890. The SMILES string of the molecule is O=C(c1cc(F)c(Br)cc1F)C1CCNCC1. The van der Waals surface area contributed by atoms with Crippen LogP contribution in [0, 0.1) is 17.6 Å². The Bertz CT molecular complexity index is 444. The average Bonchev–Trinajstić information content (AvgIpc) is 2.34. The number of halogens is 3. The Kier molecular flexibility index (Phi) is 3.89. The highest BCUT2D eigenvalue weighted by Crippen LogP contribution is 2.24. The number of rotatable bonds is 2. The van der Waals surface area contributed by atoms with Crippen LogP contribution in [0.2, 0.25) is 0 Å². The minimum atomic E-state index is -0.665. The molecule has 2 nitrogen and oxygen atoms in total. The first kappa shape index (κ1) is 12.6. The summed E-state index contributed by atoms with van der Waals surface area (Å²) in [6.07, 6.45) is 1.35. The molecule has 0 atom stereocenters. The van der Waals surface area contributed by atoms with E-state index in [2.05, 4.69) is 21.2 Å². The number of hydrogen-bond acceptors (Lipinski definition) is 2. The lowest BCUT2D eigenvalue weighted by atomic mass is 9.89. The molecule has 1 fully saturated rings. The van der Waals surface area contributed by atoms with Crippen LogP contribution in [0.5, 0.6) is 0 Å². The third kappa shape index (κ3) is 2.72. The van der Waals surface area contributed by atoms with Gasteiger partial charge in [-0.1, -0.05) is 0 Å². The summed E-state index contributed by atoms with van der Waals surface area (Å²) < 4.78 is 27.0. The number of hydrogen-bond donors (Lipinski definition) is 1. The molecule has 1 heterocycles. The monoisotopic (exact) mass is 303 g/mol. The molecule has 1 aliphatic rings. The van der Waals surface area contributed by atoms with Crippen molar-refractivity contribution in [3.05, 3.63) is 33.8 Å². The topological polar surface area (TPSA) is 29.1 Å². The zero-order valence-corrected chi connectivity index (χ0v) is 10.7. The van der Waals surface area contributed by atoms with E-state index >= 15 is 0 Å². The Morgan fingerprint density at radius 2 is 1.88 bits per heavy atom. The van der Waals surface area contributed by atoms with Gasteiger partial charge in [-0.3, -0.25) is 4.79 Å². The van der Waals surface area contributed by atoms with Gasteiger partial charge in [-0.05, 0) is 54.0 Å². The quantitative estimate of drug-likeness (QED) is 0.672. The van der Waals surface area contributed by atoms with Crippen LogP contribution in [0.25, 0.3) is 0 Å². The van der Waals surface area contributed by atoms with Gasteiger partial charge in [-0.2, -0.15) is 0 Å². The minimum absolute atomic E-state index is 0.0388. The highest BCUT2D eigenvalue weighted by atomic mass is 79.9. The maximum atomic E-state index is 13.6. The summed E-state index contributed by atoms with van der Waals surface area (Å²) in [4.78, 5) is 12.0. The highest BCUT2D eigenvalue weighted by Gasteiger charge is 2.25. The molecule has 0 amide bonds. The van der Waals surface area contributed by atoms with E-state index in [1.807, 2.05) is 0 Å². The van der Waals surface area contributed by atoms with Gasteiger partial charge in [0.15, 0.2) is 5.78 Å². The van der Waals surface area contributed by atoms with Gasteiger partial charge >= 0.3 is 0 Å². The van der Waals surface area contributed by atoms with E-state index in [4.69, 9.17) is 0 Å². The maximum Gasteiger partial charge on any atom is 0.169 e.